The second kappa shape index (κ2) is 5.77. The molecule has 8 heteroatoms. The minimum atomic E-state index is -0.415. The van der Waals surface area contributed by atoms with E-state index in [-0.39, 0.29) is 5.76 Å². The predicted molar refractivity (Wildman–Crippen MR) is 94.1 cm³/mol. The summed E-state index contributed by atoms with van der Waals surface area (Å²) in [5, 5.41) is 7.10. The summed E-state index contributed by atoms with van der Waals surface area (Å²) in [4.78, 5) is 17.3. The standard InChI is InChI=1S/C16H11ClN4O2S/c1-9-10-4-2-3-5-12(10)23-13(9)15(22)20-18-8-11-14(17)19-16-21(11)6-7-24-16/h2-8H,1H3,(H,20,22)/b18-8-. The third-order valence-corrected chi connectivity index (χ3v) is 4.69. The van der Waals surface area contributed by atoms with E-state index in [0.717, 1.165) is 15.9 Å². The van der Waals surface area contributed by atoms with Crippen molar-refractivity contribution in [1.82, 2.24) is 14.8 Å². The number of aryl methyl sites for hydroxylation is 1. The summed E-state index contributed by atoms with van der Waals surface area (Å²) in [5.41, 5.74) is 4.52. The Hall–Kier alpha value is -2.64. The van der Waals surface area contributed by atoms with E-state index in [9.17, 15) is 4.79 Å². The average Bonchev–Trinajstić information content (AvgIpc) is 3.23. The van der Waals surface area contributed by atoms with Gasteiger partial charge in [-0.2, -0.15) is 5.10 Å². The average molecular weight is 359 g/mol. The van der Waals surface area contributed by atoms with Gasteiger partial charge in [-0.25, -0.2) is 10.4 Å². The maximum atomic E-state index is 12.3. The number of hydrazone groups is 1. The molecule has 0 aliphatic rings. The first-order chi connectivity index (χ1) is 11.6. The highest BCUT2D eigenvalue weighted by molar-refractivity contribution is 7.15. The molecule has 0 saturated carbocycles. The van der Waals surface area contributed by atoms with Crippen molar-refractivity contribution in [2.75, 3.05) is 0 Å². The Kier molecular flexibility index (Phi) is 3.59. The summed E-state index contributed by atoms with van der Waals surface area (Å²) in [6, 6.07) is 7.49. The Bertz CT molecular complexity index is 1090. The third kappa shape index (κ3) is 2.38. The maximum Gasteiger partial charge on any atom is 0.307 e. The fourth-order valence-electron chi connectivity index (χ4n) is 2.49. The Labute approximate surface area is 145 Å². The number of nitrogens with one attached hydrogen (secondary N) is 1. The van der Waals surface area contributed by atoms with Gasteiger partial charge >= 0.3 is 5.91 Å². The van der Waals surface area contributed by atoms with Gasteiger partial charge in [0.15, 0.2) is 15.9 Å². The number of para-hydroxylation sites is 1. The molecule has 1 N–H and O–H groups in total. The van der Waals surface area contributed by atoms with Crippen LogP contribution in [0.3, 0.4) is 0 Å². The second-order valence-electron chi connectivity index (χ2n) is 5.09. The molecule has 0 aliphatic carbocycles. The van der Waals surface area contributed by atoms with Gasteiger partial charge in [-0.1, -0.05) is 29.8 Å². The molecule has 24 heavy (non-hydrogen) atoms. The zero-order chi connectivity index (χ0) is 16.7. The van der Waals surface area contributed by atoms with E-state index >= 15 is 0 Å². The van der Waals surface area contributed by atoms with Crippen LogP contribution in [0, 0.1) is 6.92 Å². The summed E-state index contributed by atoms with van der Waals surface area (Å²) < 4.78 is 7.40. The molecule has 1 amide bonds. The molecule has 0 unspecified atom stereocenters. The summed E-state index contributed by atoms with van der Waals surface area (Å²) in [7, 11) is 0. The maximum absolute atomic E-state index is 12.3. The smallest absolute Gasteiger partial charge is 0.307 e. The molecule has 4 aromatic rings. The van der Waals surface area contributed by atoms with Crippen molar-refractivity contribution in [3.05, 3.63) is 58.0 Å². The number of hydrogen-bond donors (Lipinski definition) is 1. The number of benzene rings is 1. The monoisotopic (exact) mass is 358 g/mol. The van der Waals surface area contributed by atoms with Crippen molar-refractivity contribution in [1.29, 1.82) is 0 Å². The van der Waals surface area contributed by atoms with Gasteiger partial charge in [0.25, 0.3) is 0 Å². The molecule has 3 heterocycles. The lowest BCUT2D eigenvalue weighted by Gasteiger charge is -1.97. The highest BCUT2D eigenvalue weighted by Crippen LogP contribution is 2.24. The number of hydrogen-bond acceptors (Lipinski definition) is 5. The minimum absolute atomic E-state index is 0.244. The predicted octanol–water partition coefficient (Wildman–Crippen LogP) is 3.87. The fraction of sp³-hybridized carbons (Fsp3) is 0.0625. The number of carbonyl (C=O) groups is 1. The molecule has 3 aromatic heterocycles. The van der Waals surface area contributed by atoms with Crippen molar-refractivity contribution in [2.24, 2.45) is 5.10 Å². The highest BCUT2D eigenvalue weighted by Gasteiger charge is 2.17. The zero-order valence-electron chi connectivity index (χ0n) is 12.5. The van der Waals surface area contributed by atoms with Crippen LogP contribution >= 0.6 is 22.9 Å². The Balaban J connectivity index is 1.58. The summed E-state index contributed by atoms with van der Waals surface area (Å²) in [5.74, 6) is -0.171. The molecule has 0 saturated heterocycles. The van der Waals surface area contributed by atoms with E-state index in [1.807, 2.05) is 42.8 Å². The molecule has 4 rings (SSSR count). The van der Waals surface area contributed by atoms with E-state index in [0.29, 0.717) is 16.4 Å². The second-order valence-corrected chi connectivity index (χ2v) is 6.33. The Morgan fingerprint density at radius 3 is 3.12 bits per heavy atom. The van der Waals surface area contributed by atoms with Gasteiger partial charge in [0.1, 0.15) is 11.3 Å². The molecule has 0 radical (unpaired) electrons. The van der Waals surface area contributed by atoms with E-state index in [1.165, 1.54) is 17.6 Å². The lowest BCUT2D eigenvalue weighted by molar-refractivity contribution is 0.0929. The number of fused-ring (bicyclic) bond motifs is 2. The molecule has 6 nitrogen and oxygen atoms in total. The van der Waals surface area contributed by atoms with Crippen LogP contribution < -0.4 is 5.43 Å². The van der Waals surface area contributed by atoms with Gasteiger partial charge in [-0.15, -0.1) is 11.3 Å². The van der Waals surface area contributed by atoms with Crippen molar-refractivity contribution >= 4 is 51.0 Å². The molecule has 120 valence electrons. The molecule has 1 aromatic carbocycles. The van der Waals surface area contributed by atoms with Crippen LogP contribution in [0.25, 0.3) is 15.9 Å². The van der Waals surface area contributed by atoms with Crippen LogP contribution in [0.15, 0.2) is 45.4 Å². The minimum Gasteiger partial charge on any atom is -0.451 e. The van der Waals surface area contributed by atoms with E-state index in [2.05, 4.69) is 15.5 Å². The molecule has 0 aliphatic heterocycles. The Morgan fingerprint density at radius 2 is 2.29 bits per heavy atom. The quantitative estimate of drug-likeness (QED) is 0.446. The zero-order valence-corrected chi connectivity index (χ0v) is 14.1. The van der Waals surface area contributed by atoms with Crippen molar-refractivity contribution < 1.29 is 9.21 Å². The van der Waals surface area contributed by atoms with Crippen LogP contribution in [0.1, 0.15) is 21.8 Å². The van der Waals surface area contributed by atoms with Gasteiger partial charge in [-0.3, -0.25) is 9.20 Å². The van der Waals surface area contributed by atoms with Gasteiger partial charge in [-0.05, 0) is 13.0 Å². The molecule has 0 spiro atoms. The molecule has 0 bridgehead atoms. The number of furan rings is 1. The van der Waals surface area contributed by atoms with E-state index < -0.39 is 5.91 Å². The van der Waals surface area contributed by atoms with E-state index in [4.69, 9.17) is 16.0 Å². The van der Waals surface area contributed by atoms with Crippen LogP contribution in [0.5, 0.6) is 0 Å². The highest BCUT2D eigenvalue weighted by atomic mass is 35.5. The third-order valence-electron chi connectivity index (χ3n) is 3.66. The topological polar surface area (TPSA) is 71.9 Å². The first-order valence-corrected chi connectivity index (χ1v) is 8.33. The SMILES string of the molecule is Cc1c(C(=O)N/N=C\c2c(Cl)nc3sccn23)oc2ccccc12. The van der Waals surface area contributed by atoms with Crippen molar-refractivity contribution in [3.8, 4) is 0 Å². The van der Waals surface area contributed by atoms with Gasteiger partial charge in [0, 0.05) is 22.5 Å². The van der Waals surface area contributed by atoms with E-state index in [1.54, 1.807) is 4.40 Å². The number of nitrogens with zero attached hydrogens (tertiary/aromatic N) is 3. The largest absolute Gasteiger partial charge is 0.451 e. The first-order valence-electron chi connectivity index (χ1n) is 7.07. The molecule has 0 fully saturated rings. The number of aromatic nitrogens is 2. The van der Waals surface area contributed by atoms with Crippen LogP contribution in [0.2, 0.25) is 5.15 Å². The summed E-state index contributed by atoms with van der Waals surface area (Å²) in [6.07, 6.45) is 3.30. The Morgan fingerprint density at radius 1 is 1.46 bits per heavy atom. The van der Waals surface area contributed by atoms with Crippen molar-refractivity contribution in [2.45, 2.75) is 6.92 Å². The first kappa shape index (κ1) is 14.9. The van der Waals surface area contributed by atoms with Gasteiger partial charge in [0.2, 0.25) is 0 Å². The number of rotatable bonds is 3. The van der Waals surface area contributed by atoms with Gasteiger partial charge < -0.3 is 4.42 Å². The summed E-state index contributed by atoms with van der Waals surface area (Å²) >= 11 is 7.54. The lowest BCUT2D eigenvalue weighted by Crippen LogP contribution is -2.18. The van der Waals surface area contributed by atoms with Crippen molar-refractivity contribution in [3.63, 3.8) is 0 Å². The van der Waals surface area contributed by atoms with Gasteiger partial charge in [0.05, 0.1) is 6.21 Å². The number of amides is 1. The molecular formula is C16H11ClN4O2S. The fourth-order valence-corrected chi connectivity index (χ4v) is 3.48. The van der Waals surface area contributed by atoms with Crippen LogP contribution in [0.4, 0.5) is 0 Å². The lowest BCUT2D eigenvalue weighted by atomic mass is 10.1. The number of halogens is 1. The summed E-state index contributed by atoms with van der Waals surface area (Å²) in [6.45, 7) is 1.84. The van der Waals surface area contributed by atoms with Crippen LogP contribution in [-0.2, 0) is 0 Å². The molecular weight excluding hydrogens is 348 g/mol. The van der Waals surface area contributed by atoms with Crippen LogP contribution in [-0.4, -0.2) is 21.5 Å². The number of carbonyl (C=O) groups excluding carboxylic acids is 1. The normalized spacial score (nSPS) is 11.8. The molecule has 0 atom stereocenters. The number of imidazole rings is 1. The number of thiazole rings is 1.